The lowest BCUT2D eigenvalue weighted by Crippen LogP contribution is -1.93. The van der Waals surface area contributed by atoms with Crippen molar-refractivity contribution in [1.29, 1.82) is 0 Å². The molecule has 0 unspecified atom stereocenters. The molecular weight excluding hydrogens is 176 g/mol. The van der Waals surface area contributed by atoms with E-state index in [9.17, 15) is 9.59 Å². The van der Waals surface area contributed by atoms with Gasteiger partial charge in [0.2, 0.25) is 0 Å². The van der Waals surface area contributed by atoms with Crippen LogP contribution >= 0.6 is 0 Å². The fourth-order valence-corrected chi connectivity index (χ4v) is 1.36. The van der Waals surface area contributed by atoms with Crippen molar-refractivity contribution in [2.75, 3.05) is 0 Å². The smallest absolute Gasteiger partial charge is 0.150 e. The third-order valence-electron chi connectivity index (χ3n) is 2.08. The number of carbonyl (C=O) groups excluding carboxylic acids is 2. The molecule has 74 valence electrons. The summed E-state index contributed by atoms with van der Waals surface area (Å²) in [6.07, 6.45) is 3.18. The molecular formula is C12H14O2. The molecule has 14 heavy (non-hydrogen) atoms. The van der Waals surface area contributed by atoms with Gasteiger partial charge in [-0.1, -0.05) is 18.2 Å². The molecule has 0 aliphatic rings. The van der Waals surface area contributed by atoms with Crippen molar-refractivity contribution in [1.82, 2.24) is 0 Å². The van der Waals surface area contributed by atoms with E-state index >= 15 is 0 Å². The van der Waals surface area contributed by atoms with Gasteiger partial charge in [0.15, 0.2) is 0 Å². The van der Waals surface area contributed by atoms with Crippen molar-refractivity contribution in [3.63, 3.8) is 0 Å². The van der Waals surface area contributed by atoms with Gasteiger partial charge in [-0.15, -0.1) is 0 Å². The van der Waals surface area contributed by atoms with Crippen LogP contribution in [0.3, 0.4) is 0 Å². The van der Waals surface area contributed by atoms with E-state index < -0.39 is 0 Å². The maximum absolute atomic E-state index is 10.7. The lowest BCUT2D eigenvalue weighted by Gasteiger charge is -2.00. The Hall–Kier alpha value is -1.44. The minimum atomic E-state index is 0.219. The Bertz CT molecular complexity index is 329. The predicted octanol–water partition coefficient (Wildman–Crippen LogP) is 2.41. The monoisotopic (exact) mass is 190 g/mol. The van der Waals surface area contributed by atoms with E-state index in [4.69, 9.17) is 0 Å². The minimum absolute atomic E-state index is 0.219. The molecule has 0 radical (unpaired) electrons. The van der Waals surface area contributed by atoms with Gasteiger partial charge in [-0.25, -0.2) is 0 Å². The zero-order chi connectivity index (χ0) is 10.4. The first kappa shape index (κ1) is 10.6. The Morgan fingerprint density at radius 1 is 1.43 bits per heavy atom. The average molecular weight is 190 g/mol. The van der Waals surface area contributed by atoms with Crippen LogP contribution in [-0.2, 0) is 11.2 Å². The number of hydrogen-bond donors (Lipinski definition) is 0. The number of aldehydes is 1. The summed E-state index contributed by atoms with van der Waals surface area (Å²) in [7, 11) is 0. The highest BCUT2D eigenvalue weighted by molar-refractivity contribution is 5.75. The van der Waals surface area contributed by atoms with Gasteiger partial charge >= 0.3 is 0 Å². The van der Waals surface area contributed by atoms with Crippen LogP contribution < -0.4 is 0 Å². The summed E-state index contributed by atoms with van der Waals surface area (Å²) in [5.41, 5.74) is 1.82. The van der Waals surface area contributed by atoms with Crippen LogP contribution in [0.5, 0.6) is 0 Å². The second-order valence-corrected chi connectivity index (χ2v) is 3.42. The van der Waals surface area contributed by atoms with Gasteiger partial charge in [0, 0.05) is 12.0 Å². The van der Waals surface area contributed by atoms with Crippen LogP contribution in [0.15, 0.2) is 24.3 Å². The number of hydrogen-bond acceptors (Lipinski definition) is 2. The molecule has 2 nitrogen and oxygen atoms in total. The summed E-state index contributed by atoms with van der Waals surface area (Å²) >= 11 is 0. The van der Waals surface area contributed by atoms with Crippen molar-refractivity contribution in [2.45, 2.75) is 26.2 Å². The highest BCUT2D eigenvalue weighted by Gasteiger charge is 1.97. The summed E-state index contributed by atoms with van der Waals surface area (Å²) in [6.45, 7) is 1.60. The molecule has 1 aromatic rings. The standard InChI is InChI=1S/C12H14O2/c1-10(14)4-2-5-11-6-3-7-12(8-11)9-13/h3,6-9H,2,4-5H2,1H3. The lowest BCUT2D eigenvalue weighted by molar-refractivity contribution is -0.117. The van der Waals surface area contributed by atoms with Gasteiger partial charge in [0.25, 0.3) is 0 Å². The topological polar surface area (TPSA) is 34.1 Å². The zero-order valence-corrected chi connectivity index (χ0v) is 8.32. The van der Waals surface area contributed by atoms with Gasteiger partial charge in [0.1, 0.15) is 12.1 Å². The van der Waals surface area contributed by atoms with E-state index in [-0.39, 0.29) is 5.78 Å². The van der Waals surface area contributed by atoms with Gasteiger partial charge < -0.3 is 4.79 Å². The van der Waals surface area contributed by atoms with Crippen molar-refractivity contribution in [3.05, 3.63) is 35.4 Å². The normalized spacial score (nSPS) is 9.79. The quantitative estimate of drug-likeness (QED) is 0.668. The van der Waals surface area contributed by atoms with Gasteiger partial charge in [-0.2, -0.15) is 0 Å². The number of carbonyl (C=O) groups is 2. The van der Waals surface area contributed by atoms with Crippen molar-refractivity contribution >= 4 is 12.1 Å². The second kappa shape index (κ2) is 5.32. The first-order valence-electron chi connectivity index (χ1n) is 4.76. The molecule has 0 fully saturated rings. The number of benzene rings is 1. The Kier molecular flexibility index (Phi) is 4.05. The Morgan fingerprint density at radius 2 is 2.21 bits per heavy atom. The molecule has 0 saturated heterocycles. The first-order chi connectivity index (χ1) is 6.72. The summed E-state index contributed by atoms with van der Waals surface area (Å²) < 4.78 is 0. The number of aryl methyl sites for hydroxylation is 1. The highest BCUT2D eigenvalue weighted by Crippen LogP contribution is 2.07. The van der Waals surface area contributed by atoms with Gasteiger partial charge in [-0.05, 0) is 31.4 Å². The Balaban J connectivity index is 2.50. The molecule has 0 heterocycles. The summed E-state index contributed by atoms with van der Waals surface area (Å²) in [4.78, 5) is 21.2. The molecule has 0 aliphatic carbocycles. The molecule has 2 heteroatoms. The van der Waals surface area contributed by atoms with E-state index in [0.29, 0.717) is 12.0 Å². The number of Topliss-reactive ketones (excluding diaryl/α,β-unsaturated/α-hetero) is 1. The van der Waals surface area contributed by atoms with Crippen molar-refractivity contribution in [2.24, 2.45) is 0 Å². The Morgan fingerprint density at radius 3 is 2.86 bits per heavy atom. The Labute approximate surface area is 83.9 Å². The van der Waals surface area contributed by atoms with Crippen molar-refractivity contribution in [3.8, 4) is 0 Å². The zero-order valence-electron chi connectivity index (χ0n) is 8.32. The minimum Gasteiger partial charge on any atom is -0.300 e. The van der Waals surface area contributed by atoms with E-state index in [1.165, 1.54) is 0 Å². The maximum atomic E-state index is 10.7. The van der Waals surface area contributed by atoms with Gasteiger partial charge in [-0.3, -0.25) is 4.79 Å². The predicted molar refractivity (Wildman–Crippen MR) is 55.4 cm³/mol. The lowest BCUT2D eigenvalue weighted by atomic mass is 10.0. The van der Waals surface area contributed by atoms with E-state index in [0.717, 1.165) is 24.7 Å². The molecule has 0 bridgehead atoms. The first-order valence-corrected chi connectivity index (χ1v) is 4.76. The van der Waals surface area contributed by atoms with Crippen LogP contribution in [0.1, 0.15) is 35.7 Å². The van der Waals surface area contributed by atoms with E-state index in [1.807, 2.05) is 18.2 Å². The molecule has 0 saturated carbocycles. The largest absolute Gasteiger partial charge is 0.300 e. The maximum Gasteiger partial charge on any atom is 0.150 e. The van der Waals surface area contributed by atoms with Crippen LogP contribution in [0.25, 0.3) is 0 Å². The number of ketones is 1. The SMILES string of the molecule is CC(=O)CCCc1cccc(C=O)c1. The molecule has 0 spiro atoms. The molecule has 0 aromatic heterocycles. The second-order valence-electron chi connectivity index (χ2n) is 3.42. The summed E-state index contributed by atoms with van der Waals surface area (Å²) in [6, 6.07) is 7.49. The summed E-state index contributed by atoms with van der Waals surface area (Å²) in [5.74, 6) is 0.219. The molecule has 1 aromatic carbocycles. The van der Waals surface area contributed by atoms with Crippen LogP contribution in [0, 0.1) is 0 Å². The van der Waals surface area contributed by atoms with E-state index in [2.05, 4.69) is 0 Å². The summed E-state index contributed by atoms with van der Waals surface area (Å²) in [5, 5.41) is 0. The third-order valence-corrected chi connectivity index (χ3v) is 2.08. The molecule has 0 N–H and O–H groups in total. The highest BCUT2D eigenvalue weighted by atomic mass is 16.1. The van der Waals surface area contributed by atoms with Crippen LogP contribution in [-0.4, -0.2) is 12.1 Å². The fraction of sp³-hybridized carbons (Fsp3) is 0.333. The van der Waals surface area contributed by atoms with Crippen LogP contribution in [0.2, 0.25) is 0 Å². The third kappa shape index (κ3) is 3.52. The van der Waals surface area contributed by atoms with Gasteiger partial charge in [0.05, 0.1) is 0 Å². The molecule has 0 amide bonds. The average Bonchev–Trinajstić information content (AvgIpc) is 2.18. The number of rotatable bonds is 5. The fourth-order valence-electron chi connectivity index (χ4n) is 1.36. The molecule has 0 aliphatic heterocycles. The van der Waals surface area contributed by atoms with E-state index in [1.54, 1.807) is 13.0 Å². The molecule has 1 rings (SSSR count). The van der Waals surface area contributed by atoms with Crippen molar-refractivity contribution < 1.29 is 9.59 Å². The van der Waals surface area contributed by atoms with Crippen LogP contribution in [0.4, 0.5) is 0 Å². The molecule has 0 atom stereocenters.